The summed E-state index contributed by atoms with van der Waals surface area (Å²) in [4.78, 5) is 36.7. The van der Waals surface area contributed by atoms with E-state index in [0.717, 1.165) is 6.07 Å². The zero-order chi connectivity index (χ0) is 19.6. The van der Waals surface area contributed by atoms with E-state index < -0.39 is 18.0 Å². The molecular formula is C19H19N3O5. The van der Waals surface area contributed by atoms with E-state index in [-0.39, 0.29) is 22.8 Å². The van der Waals surface area contributed by atoms with Crippen molar-refractivity contribution >= 4 is 28.7 Å². The van der Waals surface area contributed by atoms with Crippen LogP contribution in [-0.4, -0.2) is 27.8 Å². The van der Waals surface area contributed by atoms with Crippen molar-refractivity contribution in [2.75, 3.05) is 5.32 Å². The van der Waals surface area contributed by atoms with E-state index in [9.17, 15) is 14.4 Å². The standard InChI is InChI=1S/C19H19N3O5/c1-11(2)22-17(8-9-20-22)21-18(24)12(3)26-19(25)16-10-14(23)13-6-4-5-7-15(13)27-16/h4-12H,1-3H3,(H,21,24)/t12-/m0/s1. The highest BCUT2D eigenvalue weighted by Crippen LogP contribution is 2.15. The van der Waals surface area contributed by atoms with Crippen molar-refractivity contribution in [3.05, 3.63) is 58.6 Å². The normalized spacial score (nSPS) is 12.1. The lowest BCUT2D eigenvalue weighted by Crippen LogP contribution is -2.31. The number of amides is 1. The Bertz CT molecular complexity index is 1050. The molecule has 2 aromatic heterocycles. The smallest absolute Gasteiger partial charge is 0.375 e. The molecule has 1 amide bonds. The third kappa shape index (κ3) is 3.89. The molecule has 0 bridgehead atoms. The molecule has 1 aromatic carbocycles. The van der Waals surface area contributed by atoms with E-state index in [2.05, 4.69) is 10.4 Å². The predicted molar refractivity (Wildman–Crippen MR) is 98.6 cm³/mol. The average Bonchev–Trinajstić information content (AvgIpc) is 3.10. The number of ether oxygens (including phenoxy) is 1. The Kier molecular flexibility index (Phi) is 5.07. The van der Waals surface area contributed by atoms with Gasteiger partial charge in [-0.3, -0.25) is 9.59 Å². The summed E-state index contributed by atoms with van der Waals surface area (Å²) in [6.45, 7) is 5.28. The molecule has 0 fully saturated rings. The van der Waals surface area contributed by atoms with Gasteiger partial charge in [0, 0.05) is 18.2 Å². The molecule has 1 atom stereocenters. The first-order valence-electron chi connectivity index (χ1n) is 8.45. The molecule has 0 aliphatic rings. The van der Waals surface area contributed by atoms with Crippen LogP contribution in [0, 0.1) is 0 Å². The van der Waals surface area contributed by atoms with Crippen LogP contribution < -0.4 is 10.7 Å². The fraction of sp³-hybridized carbons (Fsp3) is 0.263. The fourth-order valence-corrected chi connectivity index (χ4v) is 2.53. The van der Waals surface area contributed by atoms with Gasteiger partial charge in [-0.25, -0.2) is 9.48 Å². The van der Waals surface area contributed by atoms with Gasteiger partial charge in [-0.2, -0.15) is 5.10 Å². The first kappa shape index (κ1) is 18.4. The van der Waals surface area contributed by atoms with E-state index in [4.69, 9.17) is 9.15 Å². The van der Waals surface area contributed by atoms with Crippen molar-refractivity contribution in [3.63, 3.8) is 0 Å². The van der Waals surface area contributed by atoms with Crippen molar-refractivity contribution in [1.82, 2.24) is 9.78 Å². The first-order chi connectivity index (χ1) is 12.9. The Labute approximate surface area is 154 Å². The molecule has 0 radical (unpaired) electrons. The summed E-state index contributed by atoms with van der Waals surface area (Å²) in [6, 6.07) is 9.33. The quantitative estimate of drug-likeness (QED) is 0.694. The minimum absolute atomic E-state index is 0.0556. The molecular weight excluding hydrogens is 350 g/mol. The van der Waals surface area contributed by atoms with Crippen LogP contribution in [0.2, 0.25) is 0 Å². The molecule has 1 N–H and O–H groups in total. The summed E-state index contributed by atoms with van der Waals surface area (Å²) in [5.74, 6) is -1.17. The Morgan fingerprint density at radius 3 is 2.67 bits per heavy atom. The van der Waals surface area contributed by atoms with Crippen LogP contribution >= 0.6 is 0 Å². The van der Waals surface area contributed by atoms with Gasteiger partial charge in [0.05, 0.1) is 11.6 Å². The zero-order valence-electron chi connectivity index (χ0n) is 15.1. The maximum absolute atomic E-state index is 12.3. The number of rotatable bonds is 5. The number of anilines is 1. The summed E-state index contributed by atoms with van der Waals surface area (Å²) >= 11 is 0. The van der Waals surface area contributed by atoms with Crippen molar-refractivity contribution in [2.45, 2.75) is 32.9 Å². The topological polar surface area (TPSA) is 103 Å². The number of nitrogens with zero attached hydrogens (tertiary/aromatic N) is 2. The van der Waals surface area contributed by atoms with E-state index in [0.29, 0.717) is 11.2 Å². The van der Waals surface area contributed by atoms with E-state index >= 15 is 0 Å². The number of esters is 1. The number of benzene rings is 1. The molecule has 0 spiro atoms. The van der Waals surface area contributed by atoms with E-state index in [1.54, 1.807) is 41.2 Å². The van der Waals surface area contributed by atoms with Crippen LogP contribution in [0.4, 0.5) is 5.82 Å². The van der Waals surface area contributed by atoms with Crippen LogP contribution in [0.3, 0.4) is 0 Å². The van der Waals surface area contributed by atoms with Gasteiger partial charge in [-0.1, -0.05) is 12.1 Å². The number of carbonyl (C=O) groups excluding carboxylic acids is 2. The Morgan fingerprint density at radius 2 is 1.93 bits per heavy atom. The SMILES string of the molecule is CC(C)n1nccc1NC(=O)[C@H](C)OC(=O)c1cc(=O)c2ccccc2o1. The monoisotopic (exact) mass is 369 g/mol. The van der Waals surface area contributed by atoms with Crippen molar-refractivity contribution in [1.29, 1.82) is 0 Å². The molecule has 0 unspecified atom stereocenters. The molecule has 8 nitrogen and oxygen atoms in total. The van der Waals surface area contributed by atoms with Crippen LogP contribution in [-0.2, 0) is 9.53 Å². The molecule has 0 saturated carbocycles. The van der Waals surface area contributed by atoms with Crippen LogP contribution in [0.25, 0.3) is 11.0 Å². The van der Waals surface area contributed by atoms with Crippen molar-refractivity contribution in [3.8, 4) is 0 Å². The summed E-state index contributed by atoms with van der Waals surface area (Å²) < 4.78 is 12.2. The van der Waals surface area contributed by atoms with Gasteiger partial charge in [0.15, 0.2) is 11.5 Å². The van der Waals surface area contributed by atoms with E-state index in [1.807, 2.05) is 13.8 Å². The summed E-state index contributed by atoms with van der Waals surface area (Å²) in [5, 5.41) is 7.14. The number of aromatic nitrogens is 2. The van der Waals surface area contributed by atoms with Gasteiger partial charge in [-0.15, -0.1) is 0 Å². The Morgan fingerprint density at radius 1 is 1.19 bits per heavy atom. The summed E-state index contributed by atoms with van der Waals surface area (Å²) in [5.41, 5.74) is -0.0865. The minimum Gasteiger partial charge on any atom is -0.449 e. The maximum atomic E-state index is 12.3. The number of para-hydroxylation sites is 1. The molecule has 3 aromatic rings. The number of hydrogen-bond acceptors (Lipinski definition) is 6. The van der Waals surface area contributed by atoms with Gasteiger partial charge >= 0.3 is 5.97 Å². The zero-order valence-corrected chi connectivity index (χ0v) is 15.1. The number of nitrogens with one attached hydrogen (secondary N) is 1. The van der Waals surface area contributed by atoms with Gasteiger partial charge in [0.2, 0.25) is 5.76 Å². The number of fused-ring (bicyclic) bond motifs is 1. The largest absolute Gasteiger partial charge is 0.449 e. The maximum Gasteiger partial charge on any atom is 0.375 e. The lowest BCUT2D eigenvalue weighted by molar-refractivity contribution is -0.123. The minimum atomic E-state index is -1.09. The molecule has 8 heteroatoms. The molecule has 140 valence electrons. The van der Waals surface area contributed by atoms with Gasteiger partial charge in [0.1, 0.15) is 11.4 Å². The van der Waals surface area contributed by atoms with Crippen molar-refractivity contribution < 1.29 is 18.7 Å². The first-order valence-corrected chi connectivity index (χ1v) is 8.45. The average molecular weight is 369 g/mol. The molecule has 0 aliphatic heterocycles. The van der Waals surface area contributed by atoms with Crippen molar-refractivity contribution in [2.24, 2.45) is 0 Å². The molecule has 0 aliphatic carbocycles. The highest BCUT2D eigenvalue weighted by molar-refractivity contribution is 5.96. The highest BCUT2D eigenvalue weighted by Gasteiger charge is 2.22. The second kappa shape index (κ2) is 7.45. The fourth-order valence-electron chi connectivity index (χ4n) is 2.53. The van der Waals surface area contributed by atoms with Crippen LogP contribution in [0.15, 0.2) is 51.8 Å². The number of carbonyl (C=O) groups is 2. The lowest BCUT2D eigenvalue weighted by atomic mass is 10.2. The van der Waals surface area contributed by atoms with Gasteiger partial charge in [-0.05, 0) is 32.9 Å². The molecule has 0 saturated heterocycles. The van der Waals surface area contributed by atoms with E-state index in [1.165, 1.54) is 6.92 Å². The summed E-state index contributed by atoms with van der Waals surface area (Å²) in [6.07, 6.45) is 0.473. The molecule has 27 heavy (non-hydrogen) atoms. The predicted octanol–water partition coefficient (Wildman–Crippen LogP) is 2.75. The highest BCUT2D eigenvalue weighted by atomic mass is 16.6. The second-order valence-corrected chi connectivity index (χ2v) is 6.26. The van der Waals surface area contributed by atoms with Gasteiger partial charge < -0.3 is 14.5 Å². The third-order valence-corrected chi connectivity index (χ3v) is 3.90. The Balaban J connectivity index is 1.72. The van der Waals surface area contributed by atoms with Crippen LogP contribution in [0.1, 0.15) is 37.4 Å². The third-order valence-electron chi connectivity index (χ3n) is 3.90. The summed E-state index contributed by atoms with van der Waals surface area (Å²) in [7, 11) is 0. The second-order valence-electron chi connectivity index (χ2n) is 6.26. The van der Waals surface area contributed by atoms with Crippen LogP contribution in [0.5, 0.6) is 0 Å². The molecule has 2 heterocycles. The Hall–Kier alpha value is -3.42. The number of hydrogen-bond donors (Lipinski definition) is 1. The van der Waals surface area contributed by atoms with Gasteiger partial charge in [0.25, 0.3) is 5.91 Å². The lowest BCUT2D eigenvalue weighted by Gasteiger charge is -2.15. The molecule has 3 rings (SSSR count).